The molecular formula is C13H10ClNO5. The molecule has 2 atom stereocenters. The van der Waals surface area contributed by atoms with Crippen molar-refractivity contribution in [3.05, 3.63) is 28.8 Å². The second kappa shape index (κ2) is 4.57. The molecule has 1 N–H and O–H groups in total. The molecule has 1 aromatic carbocycles. The fourth-order valence-electron chi connectivity index (χ4n) is 2.47. The van der Waals surface area contributed by atoms with Crippen LogP contribution in [-0.4, -0.2) is 35.1 Å². The number of aromatic carboxylic acids is 1. The normalized spacial score (nSPS) is 25.1. The lowest BCUT2D eigenvalue weighted by molar-refractivity contribution is -0.146. The van der Waals surface area contributed by atoms with E-state index in [4.69, 9.17) is 21.4 Å². The highest BCUT2D eigenvalue weighted by atomic mass is 35.5. The molecule has 2 aliphatic heterocycles. The fourth-order valence-corrected chi connectivity index (χ4v) is 2.67. The minimum atomic E-state index is -1.21. The molecule has 20 heavy (non-hydrogen) atoms. The highest BCUT2D eigenvalue weighted by Gasteiger charge is 2.47. The molecule has 104 valence electrons. The Hall–Kier alpha value is -1.92. The van der Waals surface area contributed by atoms with Crippen molar-refractivity contribution in [1.82, 2.24) is 0 Å². The number of hydrogen-bond donors (Lipinski definition) is 1. The Morgan fingerprint density at radius 3 is 2.40 bits per heavy atom. The number of carbonyl (C=O) groups excluding carboxylic acids is 2. The minimum Gasteiger partial charge on any atom is -0.478 e. The van der Waals surface area contributed by atoms with Gasteiger partial charge in [-0.3, -0.25) is 9.59 Å². The van der Waals surface area contributed by atoms with Crippen molar-refractivity contribution in [2.45, 2.75) is 25.0 Å². The number of hydrogen-bond acceptors (Lipinski definition) is 4. The molecule has 1 aromatic rings. The van der Waals surface area contributed by atoms with Crippen LogP contribution in [0.1, 0.15) is 23.2 Å². The highest BCUT2D eigenvalue weighted by molar-refractivity contribution is 6.33. The van der Waals surface area contributed by atoms with E-state index < -0.39 is 30.0 Å². The number of fused-ring (bicyclic) bond motifs is 2. The van der Waals surface area contributed by atoms with E-state index in [2.05, 4.69) is 0 Å². The van der Waals surface area contributed by atoms with Gasteiger partial charge in [-0.25, -0.2) is 9.69 Å². The maximum absolute atomic E-state index is 12.2. The summed E-state index contributed by atoms with van der Waals surface area (Å²) in [4.78, 5) is 36.4. The van der Waals surface area contributed by atoms with Crippen molar-refractivity contribution in [1.29, 1.82) is 0 Å². The monoisotopic (exact) mass is 295 g/mol. The molecule has 2 amide bonds. The number of carboxylic acids is 1. The average molecular weight is 296 g/mol. The second-order valence-electron chi connectivity index (χ2n) is 4.67. The van der Waals surface area contributed by atoms with E-state index in [1.807, 2.05) is 0 Å². The number of imide groups is 1. The predicted molar refractivity (Wildman–Crippen MR) is 68.8 cm³/mol. The van der Waals surface area contributed by atoms with Crippen LogP contribution >= 0.6 is 11.6 Å². The molecule has 0 saturated carbocycles. The molecule has 2 aliphatic rings. The van der Waals surface area contributed by atoms with Crippen molar-refractivity contribution in [2.75, 3.05) is 4.90 Å². The predicted octanol–water partition coefficient (Wildman–Crippen LogP) is 1.46. The summed E-state index contributed by atoms with van der Waals surface area (Å²) >= 11 is 5.78. The number of ether oxygens (including phenoxy) is 1. The van der Waals surface area contributed by atoms with Gasteiger partial charge in [-0.2, -0.15) is 0 Å². The summed E-state index contributed by atoms with van der Waals surface area (Å²) in [5.41, 5.74) is 0.0607. The van der Waals surface area contributed by atoms with E-state index in [9.17, 15) is 14.4 Å². The van der Waals surface area contributed by atoms with Crippen LogP contribution in [-0.2, 0) is 14.3 Å². The summed E-state index contributed by atoms with van der Waals surface area (Å²) in [6.07, 6.45) is -0.237. The molecular weight excluding hydrogens is 286 g/mol. The fraction of sp³-hybridized carbons (Fsp3) is 0.308. The van der Waals surface area contributed by atoms with Crippen LogP contribution in [0.5, 0.6) is 0 Å². The zero-order chi connectivity index (χ0) is 14.4. The van der Waals surface area contributed by atoms with E-state index in [0.717, 1.165) is 4.90 Å². The van der Waals surface area contributed by atoms with Gasteiger partial charge in [0, 0.05) is 0 Å². The van der Waals surface area contributed by atoms with Crippen molar-refractivity contribution in [3.63, 3.8) is 0 Å². The maximum Gasteiger partial charge on any atom is 0.337 e. The first-order chi connectivity index (χ1) is 9.49. The van der Waals surface area contributed by atoms with E-state index >= 15 is 0 Å². The van der Waals surface area contributed by atoms with Crippen molar-refractivity contribution < 1.29 is 24.2 Å². The summed E-state index contributed by atoms with van der Waals surface area (Å²) in [6.45, 7) is 0. The van der Waals surface area contributed by atoms with Gasteiger partial charge >= 0.3 is 5.97 Å². The molecule has 0 spiro atoms. The third-order valence-electron chi connectivity index (χ3n) is 3.45. The van der Waals surface area contributed by atoms with E-state index in [0.29, 0.717) is 12.8 Å². The first-order valence-corrected chi connectivity index (χ1v) is 6.43. The molecule has 6 nitrogen and oxygen atoms in total. The van der Waals surface area contributed by atoms with Crippen LogP contribution in [0.2, 0.25) is 5.02 Å². The Morgan fingerprint density at radius 1 is 1.25 bits per heavy atom. The average Bonchev–Trinajstić information content (AvgIpc) is 2.85. The smallest absolute Gasteiger partial charge is 0.337 e. The Labute approximate surface area is 118 Å². The number of rotatable bonds is 2. The van der Waals surface area contributed by atoms with Crippen LogP contribution in [0.15, 0.2) is 18.2 Å². The standard InChI is InChI=1S/C13H10ClNO5/c14-8-2-1-6(5-7(8)13(18)19)15-11(16)9-3-4-10(20-9)12(15)17/h1-2,5,9-10H,3-4H2,(H,18,19). The van der Waals surface area contributed by atoms with Crippen LogP contribution in [0.3, 0.4) is 0 Å². The van der Waals surface area contributed by atoms with Crippen LogP contribution in [0.4, 0.5) is 5.69 Å². The number of nitrogens with zero attached hydrogens (tertiary/aromatic N) is 1. The first-order valence-electron chi connectivity index (χ1n) is 6.05. The molecule has 3 rings (SSSR count). The van der Waals surface area contributed by atoms with Gasteiger partial charge in [0.05, 0.1) is 16.3 Å². The zero-order valence-corrected chi connectivity index (χ0v) is 11.0. The van der Waals surface area contributed by atoms with E-state index in [1.54, 1.807) is 0 Å². The highest BCUT2D eigenvalue weighted by Crippen LogP contribution is 2.33. The third-order valence-corrected chi connectivity index (χ3v) is 3.78. The Bertz CT molecular complexity index is 607. The number of amides is 2. The summed E-state index contributed by atoms with van der Waals surface area (Å²) in [6, 6.07) is 4.04. The first kappa shape index (κ1) is 13.1. The molecule has 0 aliphatic carbocycles. The molecule has 0 radical (unpaired) electrons. The molecule has 2 fully saturated rings. The third kappa shape index (κ3) is 1.88. The van der Waals surface area contributed by atoms with E-state index in [-0.39, 0.29) is 16.3 Å². The molecule has 7 heteroatoms. The van der Waals surface area contributed by atoms with E-state index in [1.165, 1.54) is 18.2 Å². The topological polar surface area (TPSA) is 83.9 Å². The molecule has 2 bridgehead atoms. The van der Waals surface area contributed by atoms with Gasteiger partial charge in [-0.15, -0.1) is 0 Å². The largest absolute Gasteiger partial charge is 0.478 e. The second-order valence-corrected chi connectivity index (χ2v) is 5.08. The zero-order valence-electron chi connectivity index (χ0n) is 10.2. The number of halogens is 1. The van der Waals surface area contributed by atoms with Gasteiger partial charge < -0.3 is 9.84 Å². The SMILES string of the molecule is O=C(O)c1cc(N2C(=O)C3CCC(O3)C2=O)ccc1Cl. The van der Waals surface area contributed by atoms with Crippen molar-refractivity contribution >= 4 is 35.1 Å². The Morgan fingerprint density at radius 2 is 1.85 bits per heavy atom. The Kier molecular flexibility index (Phi) is 2.99. The van der Waals surface area contributed by atoms with Gasteiger partial charge in [-0.1, -0.05) is 11.6 Å². The summed E-state index contributed by atoms with van der Waals surface area (Å²) < 4.78 is 5.29. The number of morpholine rings is 1. The number of benzene rings is 1. The molecule has 2 heterocycles. The van der Waals surface area contributed by atoms with Crippen molar-refractivity contribution in [2.24, 2.45) is 0 Å². The Balaban J connectivity index is 2.04. The minimum absolute atomic E-state index is 0.0531. The number of carboxylic acid groups (broad SMARTS) is 1. The van der Waals surface area contributed by atoms with Gasteiger partial charge in [0.25, 0.3) is 11.8 Å². The van der Waals surface area contributed by atoms with Gasteiger partial charge in [0.2, 0.25) is 0 Å². The van der Waals surface area contributed by atoms with Crippen molar-refractivity contribution in [3.8, 4) is 0 Å². The lowest BCUT2D eigenvalue weighted by Crippen LogP contribution is -2.52. The molecule has 0 aromatic heterocycles. The summed E-state index contributed by atoms with van der Waals surface area (Å²) in [7, 11) is 0. The molecule has 2 unspecified atom stereocenters. The van der Waals surface area contributed by atoms with Crippen LogP contribution in [0.25, 0.3) is 0 Å². The summed E-state index contributed by atoms with van der Waals surface area (Å²) in [5, 5.41) is 9.09. The maximum atomic E-state index is 12.2. The number of anilines is 1. The lowest BCUT2D eigenvalue weighted by Gasteiger charge is -2.30. The quantitative estimate of drug-likeness (QED) is 0.835. The van der Waals surface area contributed by atoms with Gasteiger partial charge in [-0.05, 0) is 31.0 Å². The van der Waals surface area contributed by atoms with Gasteiger partial charge in [0.1, 0.15) is 12.2 Å². The van der Waals surface area contributed by atoms with Crippen LogP contribution in [0, 0.1) is 0 Å². The van der Waals surface area contributed by atoms with Gasteiger partial charge in [0.15, 0.2) is 0 Å². The van der Waals surface area contributed by atoms with Crippen LogP contribution < -0.4 is 4.90 Å². The summed E-state index contributed by atoms with van der Waals surface area (Å²) in [5.74, 6) is -2.13. The molecule has 2 saturated heterocycles. The lowest BCUT2D eigenvalue weighted by atomic mass is 10.1. The number of carbonyl (C=O) groups is 3.